The van der Waals surface area contributed by atoms with Crippen molar-refractivity contribution in [2.24, 2.45) is 4.99 Å². The van der Waals surface area contributed by atoms with Crippen molar-refractivity contribution in [1.29, 1.82) is 0 Å². The monoisotopic (exact) mass is 608 g/mol. The Hall–Kier alpha value is -4.32. The van der Waals surface area contributed by atoms with Gasteiger partial charge in [0.1, 0.15) is 12.1 Å². The van der Waals surface area contributed by atoms with Crippen LogP contribution in [-0.2, 0) is 6.42 Å². The molecule has 2 heterocycles. The van der Waals surface area contributed by atoms with E-state index in [2.05, 4.69) is 49.1 Å². The lowest BCUT2D eigenvalue weighted by atomic mass is 10.0. The predicted molar refractivity (Wildman–Crippen MR) is 163 cm³/mol. The number of benzene rings is 3. The number of aromatic nitrogens is 3. The number of alkyl halides is 3. The minimum Gasteiger partial charge on any atom is -0.406 e. The lowest BCUT2D eigenvalue weighted by molar-refractivity contribution is -0.274. The number of urea groups is 1. The summed E-state index contributed by atoms with van der Waals surface area (Å²) in [7, 11) is 0. The van der Waals surface area contributed by atoms with Gasteiger partial charge in [0.15, 0.2) is 11.0 Å². The van der Waals surface area contributed by atoms with Gasteiger partial charge in [0.2, 0.25) is 0 Å². The lowest BCUT2D eigenvalue weighted by Gasteiger charge is -2.31. The smallest absolute Gasteiger partial charge is 0.406 e. The molecule has 1 aliphatic rings. The van der Waals surface area contributed by atoms with Crippen LogP contribution in [-0.4, -0.2) is 44.6 Å². The molecule has 0 aliphatic carbocycles. The minimum atomic E-state index is -4.75. The number of carbonyl (C=O) groups excluding carboxylic acids is 1. The van der Waals surface area contributed by atoms with Crippen LogP contribution in [0.2, 0.25) is 0 Å². The summed E-state index contributed by atoms with van der Waals surface area (Å²) in [4.78, 5) is 24.0. The topological polar surface area (TPSA) is 84.6 Å². The Morgan fingerprint density at radius 3 is 2.51 bits per heavy atom. The van der Waals surface area contributed by atoms with Crippen molar-refractivity contribution in [3.8, 4) is 22.8 Å². The standard InChI is InChI=1S/C31H31F3N6O2S/c1-3-21-8-5-6-9-27(21)39-18-7-19-43-30(39)37-29(41)36-26(4-2)22-10-12-23(13-11-22)28-35-20-40(38-28)24-14-16-25(17-15-24)42-31(32,33)34/h5-6,8-17,20,26H,3-4,7,18-19H2,1-2H3,(H,36,41). The van der Waals surface area contributed by atoms with Gasteiger partial charge in [-0.05, 0) is 60.7 Å². The van der Waals surface area contributed by atoms with Crippen LogP contribution in [0.5, 0.6) is 5.75 Å². The molecule has 1 aromatic heterocycles. The number of thioether (sulfide) groups is 1. The molecule has 4 aromatic rings. The van der Waals surface area contributed by atoms with Gasteiger partial charge in [0.25, 0.3) is 0 Å². The number of halogens is 3. The number of nitrogens with one attached hydrogen (secondary N) is 1. The number of amides is 2. The molecule has 1 N–H and O–H groups in total. The van der Waals surface area contributed by atoms with Crippen molar-refractivity contribution in [2.75, 3.05) is 17.2 Å². The van der Waals surface area contributed by atoms with Crippen LogP contribution in [0.15, 0.2) is 84.1 Å². The molecule has 1 aliphatic heterocycles. The van der Waals surface area contributed by atoms with Gasteiger partial charge < -0.3 is 15.0 Å². The van der Waals surface area contributed by atoms with E-state index in [0.29, 0.717) is 23.1 Å². The summed E-state index contributed by atoms with van der Waals surface area (Å²) in [6.45, 7) is 4.94. The van der Waals surface area contributed by atoms with Gasteiger partial charge in [0.05, 0.1) is 11.7 Å². The van der Waals surface area contributed by atoms with Gasteiger partial charge >= 0.3 is 12.4 Å². The number of hydrogen-bond donors (Lipinski definition) is 1. The van der Waals surface area contributed by atoms with E-state index in [4.69, 9.17) is 0 Å². The molecule has 0 spiro atoms. The Labute approximate surface area is 252 Å². The summed E-state index contributed by atoms with van der Waals surface area (Å²) in [6, 6.07) is 20.6. The van der Waals surface area contributed by atoms with Crippen molar-refractivity contribution in [3.63, 3.8) is 0 Å². The highest BCUT2D eigenvalue weighted by Crippen LogP contribution is 2.29. The SMILES string of the molecule is CCc1ccccc1N1CCCSC1=NC(=O)NC(CC)c1ccc(-c2ncn(-c3ccc(OC(F)(F)F)cc3)n2)cc1. The third-order valence-corrected chi connectivity index (χ3v) is 8.02. The summed E-state index contributed by atoms with van der Waals surface area (Å²) < 4.78 is 42.7. The van der Waals surface area contributed by atoms with Crippen LogP contribution in [0.25, 0.3) is 17.1 Å². The van der Waals surface area contributed by atoms with Crippen molar-refractivity contribution >= 4 is 28.6 Å². The Kier molecular flexibility index (Phi) is 9.34. The average Bonchev–Trinajstić information content (AvgIpc) is 3.50. The first-order valence-electron chi connectivity index (χ1n) is 14.0. The molecule has 5 rings (SSSR count). The van der Waals surface area contributed by atoms with Crippen LogP contribution in [0, 0.1) is 0 Å². The van der Waals surface area contributed by atoms with Gasteiger partial charge in [-0.2, -0.15) is 4.99 Å². The quantitative estimate of drug-likeness (QED) is 0.222. The third-order valence-electron chi connectivity index (χ3n) is 6.95. The summed E-state index contributed by atoms with van der Waals surface area (Å²) in [5.41, 5.74) is 4.52. The number of rotatable bonds is 8. The molecule has 1 saturated heterocycles. The van der Waals surface area contributed by atoms with Crippen molar-refractivity contribution in [2.45, 2.75) is 45.5 Å². The first-order valence-corrected chi connectivity index (χ1v) is 15.0. The van der Waals surface area contributed by atoms with Crippen molar-refractivity contribution in [3.05, 3.63) is 90.3 Å². The molecule has 8 nitrogen and oxygen atoms in total. The fourth-order valence-electron chi connectivity index (χ4n) is 4.82. The normalized spacial score (nSPS) is 15.4. The molecule has 2 amide bonds. The second-order valence-corrected chi connectivity index (χ2v) is 10.9. The van der Waals surface area contributed by atoms with Gasteiger partial charge in [0, 0.05) is 23.5 Å². The Morgan fingerprint density at radius 2 is 1.81 bits per heavy atom. The highest BCUT2D eigenvalue weighted by molar-refractivity contribution is 8.14. The van der Waals surface area contributed by atoms with Gasteiger partial charge in [-0.25, -0.2) is 14.5 Å². The van der Waals surface area contributed by atoms with Crippen LogP contribution in [0.4, 0.5) is 23.7 Å². The maximum absolute atomic E-state index is 13.1. The number of aryl methyl sites for hydroxylation is 1. The average molecular weight is 609 g/mol. The van der Waals surface area contributed by atoms with E-state index in [-0.39, 0.29) is 17.8 Å². The summed E-state index contributed by atoms with van der Waals surface area (Å²) in [5.74, 6) is 1.05. The summed E-state index contributed by atoms with van der Waals surface area (Å²) >= 11 is 1.59. The van der Waals surface area contributed by atoms with Crippen molar-refractivity contribution < 1.29 is 22.7 Å². The largest absolute Gasteiger partial charge is 0.573 e. The zero-order valence-corrected chi connectivity index (χ0v) is 24.5. The molecule has 1 unspecified atom stereocenters. The van der Waals surface area contributed by atoms with E-state index in [0.717, 1.165) is 42.0 Å². The van der Waals surface area contributed by atoms with E-state index in [1.807, 2.05) is 43.3 Å². The second kappa shape index (κ2) is 13.3. The molecular formula is C31H31F3N6O2S. The molecule has 0 bridgehead atoms. The number of amidine groups is 1. The zero-order valence-electron chi connectivity index (χ0n) is 23.7. The fourth-order valence-corrected chi connectivity index (χ4v) is 5.77. The molecule has 12 heteroatoms. The second-order valence-electron chi connectivity index (χ2n) is 9.82. The first-order chi connectivity index (χ1) is 20.7. The maximum Gasteiger partial charge on any atom is 0.573 e. The number of para-hydroxylation sites is 1. The Morgan fingerprint density at radius 1 is 1.07 bits per heavy atom. The van der Waals surface area contributed by atoms with Gasteiger partial charge in [-0.3, -0.25) is 0 Å². The van der Waals surface area contributed by atoms with Crippen LogP contribution < -0.4 is 15.0 Å². The zero-order chi connectivity index (χ0) is 30.4. The van der Waals surface area contributed by atoms with E-state index in [1.165, 1.54) is 40.8 Å². The number of aliphatic imine (C=N–C) groups is 1. The van der Waals surface area contributed by atoms with E-state index < -0.39 is 6.36 Å². The highest BCUT2D eigenvalue weighted by Gasteiger charge is 2.31. The third kappa shape index (κ3) is 7.56. The molecule has 3 aromatic carbocycles. The van der Waals surface area contributed by atoms with E-state index in [1.54, 1.807) is 11.8 Å². The predicted octanol–water partition coefficient (Wildman–Crippen LogP) is 7.56. The number of hydrogen-bond acceptors (Lipinski definition) is 5. The van der Waals surface area contributed by atoms with Crippen LogP contribution >= 0.6 is 11.8 Å². The number of anilines is 1. The van der Waals surface area contributed by atoms with Gasteiger partial charge in [-0.15, -0.1) is 18.3 Å². The molecule has 0 radical (unpaired) electrons. The van der Waals surface area contributed by atoms with E-state index >= 15 is 0 Å². The van der Waals surface area contributed by atoms with Crippen LogP contribution in [0.3, 0.4) is 0 Å². The number of ether oxygens (including phenoxy) is 1. The van der Waals surface area contributed by atoms with Gasteiger partial charge in [-0.1, -0.05) is 68.1 Å². The molecule has 43 heavy (non-hydrogen) atoms. The lowest BCUT2D eigenvalue weighted by Crippen LogP contribution is -2.36. The molecule has 1 fully saturated rings. The van der Waals surface area contributed by atoms with Crippen LogP contribution in [0.1, 0.15) is 43.9 Å². The van der Waals surface area contributed by atoms with Crippen molar-refractivity contribution in [1.82, 2.24) is 20.1 Å². The molecule has 224 valence electrons. The fraction of sp³-hybridized carbons (Fsp3) is 0.290. The number of carbonyl (C=O) groups is 1. The Bertz CT molecular complexity index is 1570. The molecule has 1 atom stereocenters. The molecule has 0 saturated carbocycles. The number of nitrogens with zero attached hydrogens (tertiary/aromatic N) is 5. The van der Waals surface area contributed by atoms with E-state index in [9.17, 15) is 18.0 Å². The molecular weight excluding hydrogens is 577 g/mol. The highest BCUT2D eigenvalue weighted by atomic mass is 32.2. The summed E-state index contributed by atoms with van der Waals surface area (Å²) in [6.07, 6.45) is -0.675. The minimum absolute atomic E-state index is 0.237. The Balaban J connectivity index is 1.26. The summed E-state index contributed by atoms with van der Waals surface area (Å²) in [5, 5.41) is 8.21. The maximum atomic E-state index is 13.1. The first kappa shape index (κ1) is 30.1.